The number of carbonyl (C=O) groups excluding carboxylic acids is 5. The first-order chi connectivity index (χ1) is 14.6. The topological polar surface area (TPSA) is 110 Å². The van der Waals surface area contributed by atoms with Gasteiger partial charge in [-0.25, -0.2) is 4.79 Å². The van der Waals surface area contributed by atoms with Crippen molar-refractivity contribution < 1.29 is 28.7 Å². The minimum absolute atomic E-state index is 0.0709. The predicted octanol–water partition coefficient (Wildman–Crippen LogP) is 2.94. The van der Waals surface area contributed by atoms with E-state index >= 15 is 0 Å². The number of nitrogens with one attached hydrogen (secondary N) is 1. The van der Waals surface area contributed by atoms with E-state index in [1.807, 2.05) is 0 Å². The number of fused-ring (bicyclic) bond motifs is 1. The Morgan fingerprint density at radius 1 is 0.871 bits per heavy atom. The van der Waals surface area contributed by atoms with Gasteiger partial charge in [-0.05, 0) is 49.4 Å². The molecular weight excluding hydrogens is 400 g/mol. The first-order valence-corrected chi connectivity index (χ1v) is 9.72. The fraction of sp³-hybridized carbons (Fsp3) is 0.261. The molecule has 1 heterocycles. The second kappa shape index (κ2) is 8.51. The molecule has 2 aromatic rings. The molecule has 8 nitrogen and oxygen atoms in total. The Balaban J connectivity index is 1.68. The van der Waals surface area contributed by atoms with Gasteiger partial charge in [0.2, 0.25) is 11.7 Å². The van der Waals surface area contributed by atoms with E-state index in [9.17, 15) is 24.0 Å². The molecular formula is C23H22N2O6. The smallest absolute Gasteiger partial charge is 0.338 e. The van der Waals surface area contributed by atoms with E-state index in [1.165, 1.54) is 44.3 Å². The van der Waals surface area contributed by atoms with Gasteiger partial charge in [0, 0.05) is 24.2 Å². The molecule has 160 valence electrons. The third kappa shape index (κ3) is 4.37. The van der Waals surface area contributed by atoms with E-state index in [4.69, 9.17) is 4.74 Å². The van der Waals surface area contributed by atoms with Crippen LogP contribution in [0.4, 0.5) is 5.69 Å². The SMILES string of the molecule is CC(C)C(=O)Nc1ccc(C(=O)C(C)OC(=O)c2ccc3c(c2)C(=O)N(C)C3=O)cc1. The summed E-state index contributed by atoms with van der Waals surface area (Å²) in [6, 6.07) is 10.4. The van der Waals surface area contributed by atoms with Crippen LogP contribution in [0.1, 0.15) is 62.2 Å². The molecule has 0 saturated carbocycles. The van der Waals surface area contributed by atoms with Crippen LogP contribution in [0.2, 0.25) is 0 Å². The van der Waals surface area contributed by atoms with E-state index in [1.54, 1.807) is 26.0 Å². The molecule has 3 amide bonds. The molecule has 0 saturated heterocycles. The lowest BCUT2D eigenvalue weighted by Gasteiger charge is -2.13. The lowest BCUT2D eigenvalue weighted by Crippen LogP contribution is -2.25. The fourth-order valence-electron chi connectivity index (χ4n) is 3.01. The minimum atomic E-state index is -1.07. The zero-order chi connectivity index (χ0) is 22.9. The molecule has 0 aromatic heterocycles. The van der Waals surface area contributed by atoms with Gasteiger partial charge in [-0.15, -0.1) is 0 Å². The van der Waals surface area contributed by atoms with Crippen molar-refractivity contribution in [2.24, 2.45) is 5.92 Å². The number of carbonyl (C=O) groups is 5. The molecule has 1 aliphatic heterocycles. The molecule has 1 unspecified atom stereocenters. The largest absolute Gasteiger partial charge is 0.451 e. The molecule has 1 aliphatic rings. The quantitative estimate of drug-likeness (QED) is 0.435. The molecule has 31 heavy (non-hydrogen) atoms. The summed E-state index contributed by atoms with van der Waals surface area (Å²) in [7, 11) is 1.36. The number of esters is 1. The Bertz CT molecular complexity index is 1090. The number of hydrogen-bond donors (Lipinski definition) is 1. The second-order valence-electron chi connectivity index (χ2n) is 7.56. The summed E-state index contributed by atoms with van der Waals surface area (Å²) in [5, 5.41) is 2.73. The molecule has 0 radical (unpaired) electrons. The molecule has 0 aliphatic carbocycles. The fourth-order valence-corrected chi connectivity index (χ4v) is 3.01. The van der Waals surface area contributed by atoms with Crippen molar-refractivity contribution >= 4 is 35.2 Å². The van der Waals surface area contributed by atoms with Crippen LogP contribution in [0.15, 0.2) is 42.5 Å². The molecule has 0 fully saturated rings. The highest BCUT2D eigenvalue weighted by molar-refractivity contribution is 6.21. The van der Waals surface area contributed by atoms with Gasteiger partial charge in [0.25, 0.3) is 11.8 Å². The van der Waals surface area contributed by atoms with E-state index in [0.717, 1.165) is 4.90 Å². The molecule has 0 bridgehead atoms. The highest BCUT2D eigenvalue weighted by atomic mass is 16.5. The van der Waals surface area contributed by atoms with Gasteiger partial charge in [-0.2, -0.15) is 0 Å². The number of ether oxygens (including phenoxy) is 1. The number of Topliss-reactive ketones (excluding diaryl/α,β-unsaturated/α-hetero) is 1. The number of rotatable bonds is 6. The average molecular weight is 422 g/mol. The molecule has 8 heteroatoms. The lowest BCUT2D eigenvalue weighted by atomic mass is 10.0. The van der Waals surface area contributed by atoms with Crippen LogP contribution in [0.3, 0.4) is 0 Å². The Morgan fingerprint density at radius 2 is 1.45 bits per heavy atom. The Kier molecular flexibility index (Phi) is 6.01. The number of nitrogens with zero attached hydrogens (tertiary/aromatic N) is 1. The van der Waals surface area contributed by atoms with Crippen LogP contribution >= 0.6 is 0 Å². The average Bonchev–Trinajstić information content (AvgIpc) is 2.97. The van der Waals surface area contributed by atoms with Crippen molar-refractivity contribution in [1.82, 2.24) is 4.90 Å². The number of imide groups is 1. The van der Waals surface area contributed by atoms with Gasteiger partial charge in [0.05, 0.1) is 16.7 Å². The van der Waals surface area contributed by atoms with E-state index in [-0.39, 0.29) is 28.5 Å². The maximum Gasteiger partial charge on any atom is 0.338 e. The summed E-state index contributed by atoms with van der Waals surface area (Å²) in [6.45, 7) is 5.00. The predicted molar refractivity (Wildman–Crippen MR) is 112 cm³/mol. The number of amides is 3. The van der Waals surface area contributed by atoms with Gasteiger partial charge in [0.15, 0.2) is 6.10 Å². The summed E-state index contributed by atoms with van der Waals surface area (Å²) in [6.07, 6.45) is -1.07. The van der Waals surface area contributed by atoms with E-state index in [0.29, 0.717) is 11.3 Å². The van der Waals surface area contributed by atoms with Crippen molar-refractivity contribution in [1.29, 1.82) is 0 Å². The molecule has 2 aromatic carbocycles. The highest BCUT2D eigenvalue weighted by Gasteiger charge is 2.33. The van der Waals surface area contributed by atoms with Gasteiger partial charge in [-0.1, -0.05) is 13.8 Å². The normalized spacial score (nSPS) is 13.8. The molecule has 1 N–H and O–H groups in total. The van der Waals surface area contributed by atoms with Crippen molar-refractivity contribution in [3.8, 4) is 0 Å². The summed E-state index contributed by atoms with van der Waals surface area (Å²) >= 11 is 0. The lowest BCUT2D eigenvalue weighted by molar-refractivity contribution is -0.118. The van der Waals surface area contributed by atoms with Crippen molar-refractivity contribution in [3.05, 3.63) is 64.7 Å². The van der Waals surface area contributed by atoms with Crippen LogP contribution < -0.4 is 5.32 Å². The highest BCUT2D eigenvalue weighted by Crippen LogP contribution is 2.23. The van der Waals surface area contributed by atoms with Gasteiger partial charge >= 0.3 is 5.97 Å². The van der Waals surface area contributed by atoms with Gasteiger partial charge in [-0.3, -0.25) is 24.1 Å². The Morgan fingerprint density at radius 3 is 2.06 bits per heavy atom. The van der Waals surface area contributed by atoms with Crippen LogP contribution in [0.25, 0.3) is 0 Å². The monoisotopic (exact) mass is 422 g/mol. The van der Waals surface area contributed by atoms with Crippen molar-refractivity contribution in [2.75, 3.05) is 12.4 Å². The summed E-state index contributed by atoms with van der Waals surface area (Å²) in [5.74, 6) is -2.43. The number of anilines is 1. The standard InChI is InChI=1S/C23H22N2O6/c1-12(2)20(27)24-16-8-5-14(6-9-16)19(26)13(3)31-23(30)15-7-10-17-18(11-15)22(29)25(4)21(17)28/h5-13H,1-4H3,(H,24,27). The zero-order valence-corrected chi connectivity index (χ0v) is 17.6. The van der Waals surface area contributed by atoms with Gasteiger partial charge in [0.1, 0.15) is 0 Å². The second-order valence-corrected chi connectivity index (χ2v) is 7.56. The Labute approximate surface area is 179 Å². The first kappa shape index (κ1) is 21.9. The first-order valence-electron chi connectivity index (χ1n) is 9.72. The number of hydrogen-bond acceptors (Lipinski definition) is 6. The maximum atomic E-state index is 12.6. The van der Waals surface area contributed by atoms with E-state index in [2.05, 4.69) is 5.32 Å². The van der Waals surface area contributed by atoms with Gasteiger partial charge < -0.3 is 10.1 Å². The number of ketones is 1. The zero-order valence-electron chi connectivity index (χ0n) is 17.6. The van der Waals surface area contributed by atoms with Crippen molar-refractivity contribution in [2.45, 2.75) is 26.9 Å². The van der Waals surface area contributed by atoms with Crippen LogP contribution in [-0.2, 0) is 9.53 Å². The third-order valence-corrected chi connectivity index (χ3v) is 4.94. The summed E-state index contributed by atoms with van der Waals surface area (Å²) in [4.78, 5) is 61.8. The van der Waals surface area contributed by atoms with E-state index < -0.39 is 29.7 Å². The van der Waals surface area contributed by atoms with Crippen LogP contribution in [-0.4, -0.2) is 47.5 Å². The Hall–Kier alpha value is -3.81. The summed E-state index contributed by atoms with van der Waals surface area (Å²) < 4.78 is 5.26. The number of benzene rings is 2. The molecule has 3 rings (SSSR count). The van der Waals surface area contributed by atoms with Crippen molar-refractivity contribution in [3.63, 3.8) is 0 Å². The van der Waals surface area contributed by atoms with Crippen LogP contribution in [0.5, 0.6) is 0 Å². The molecule has 0 spiro atoms. The minimum Gasteiger partial charge on any atom is -0.451 e. The third-order valence-electron chi connectivity index (χ3n) is 4.94. The maximum absolute atomic E-state index is 12.6. The summed E-state index contributed by atoms with van der Waals surface area (Å²) in [5.41, 5.74) is 1.29. The molecule has 1 atom stereocenters. The van der Waals surface area contributed by atoms with Crippen LogP contribution in [0, 0.1) is 5.92 Å².